The maximum atomic E-state index is 12.9. The molecular weight excluding hydrogens is 283 g/mol. The van der Waals surface area contributed by atoms with Crippen LogP contribution in [0.3, 0.4) is 0 Å². The number of benzene rings is 1. The molecule has 0 spiro atoms. The van der Waals surface area contributed by atoms with E-state index >= 15 is 0 Å². The Labute approximate surface area is 119 Å². The minimum Gasteiger partial charge on any atom is -0.288 e. The Hall–Kier alpha value is -2.01. The summed E-state index contributed by atoms with van der Waals surface area (Å²) in [4.78, 5) is 22.6. The topological polar surface area (TPSA) is 52.0 Å². The van der Waals surface area contributed by atoms with Crippen LogP contribution in [0, 0.1) is 12.7 Å². The average Bonchev–Trinajstić information content (AvgIpc) is 2.39. The van der Waals surface area contributed by atoms with Crippen molar-refractivity contribution in [3.8, 4) is 5.69 Å². The van der Waals surface area contributed by atoms with E-state index in [0.29, 0.717) is 11.4 Å². The second-order valence-electron chi connectivity index (χ2n) is 4.34. The fraction of sp³-hybridized carbons (Fsp3) is 0.214. The van der Waals surface area contributed by atoms with Crippen LogP contribution in [-0.4, -0.2) is 15.0 Å². The lowest BCUT2D eigenvalue weighted by atomic mass is 10.2. The van der Waals surface area contributed by atoms with E-state index in [0.717, 1.165) is 0 Å². The van der Waals surface area contributed by atoms with Crippen LogP contribution in [0.1, 0.15) is 17.8 Å². The van der Waals surface area contributed by atoms with Crippen molar-refractivity contribution in [1.29, 1.82) is 0 Å². The molecule has 0 aliphatic carbocycles. The third-order valence-electron chi connectivity index (χ3n) is 2.81. The van der Waals surface area contributed by atoms with Crippen molar-refractivity contribution >= 4 is 16.8 Å². The zero-order chi connectivity index (χ0) is 14.7. The summed E-state index contributed by atoms with van der Waals surface area (Å²) in [5.74, 6) is -0.347. The summed E-state index contributed by atoms with van der Waals surface area (Å²) in [5, 5.41) is 3.70. The Balaban J connectivity index is 2.42. The molecule has 4 nitrogen and oxygen atoms in total. The van der Waals surface area contributed by atoms with E-state index in [2.05, 4.69) is 5.10 Å². The van der Waals surface area contributed by atoms with E-state index in [1.165, 1.54) is 22.9 Å². The van der Waals surface area contributed by atoms with E-state index in [1.807, 2.05) is 0 Å². The maximum Gasteiger partial charge on any atom is 0.222 e. The molecule has 0 unspecified atom stereocenters. The van der Waals surface area contributed by atoms with Gasteiger partial charge in [-0.3, -0.25) is 9.59 Å². The van der Waals surface area contributed by atoms with Crippen molar-refractivity contribution in [2.75, 3.05) is 0 Å². The minimum atomic E-state index is -0.514. The molecule has 1 aromatic heterocycles. The monoisotopic (exact) mass is 294 g/mol. The van der Waals surface area contributed by atoms with Gasteiger partial charge < -0.3 is 0 Å². The summed E-state index contributed by atoms with van der Waals surface area (Å²) in [6, 6.07) is 7.20. The van der Waals surface area contributed by atoms with E-state index < -0.39 is 5.24 Å². The molecule has 104 valence electrons. The van der Waals surface area contributed by atoms with Gasteiger partial charge in [0.05, 0.1) is 5.69 Å². The average molecular weight is 295 g/mol. The van der Waals surface area contributed by atoms with E-state index in [-0.39, 0.29) is 29.8 Å². The van der Waals surface area contributed by atoms with Crippen LogP contribution in [-0.2, 0) is 11.2 Å². The number of hydrogen-bond donors (Lipinski definition) is 0. The van der Waals surface area contributed by atoms with Crippen LogP contribution in [0.15, 0.2) is 35.1 Å². The number of halogens is 2. The van der Waals surface area contributed by atoms with Crippen molar-refractivity contribution in [1.82, 2.24) is 9.78 Å². The largest absolute Gasteiger partial charge is 0.288 e. The lowest BCUT2D eigenvalue weighted by molar-refractivity contribution is -0.111. The van der Waals surface area contributed by atoms with Crippen molar-refractivity contribution in [2.24, 2.45) is 0 Å². The van der Waals surface area contributed by atoms with Gasteiger partial charge in [0.1, 0.15) is 11.5 Å². The lowest BCUT2D eigenvalue weighted by Crippen LogP contribution is -2.19. The summed E-state index contributed by atoms with van der Waals surface area (Å²) in [6.07, 6.45) is 0.235. The highest BCUT2D eigenvalue weighted by atomic mass is 35.5. The van der Waals surface area contributed by atoms with Crippen LogP contribution >= 0.6 is 11.6 Å². The van der Waals surface area contributed by atoms with Gasteiger partial charge in [0.25, 0.3) is 0 Å². The van der Waals surface area contributed by atoms with Gasteiger partial charge in [-0.1, -0.05) is 0 Å². The van der Waals surface area contributed by atoms with Crippen LogP contribution in [0.2, 0.25) is 0 Å². The molecule has 1 aromatic carbocycles. The zero-order valence-electron chi connectivity index (χ0n) is 10.8. The molecule has 1 heterocycles. The summed E-state index contributed by atoms with van der Waals surface area (Å²) < 4.78 is 14.5. The SMILES string of the molecule is Cc1cc(=O)c(CCC(=O)Cl)nn1-c1ccc(F)cc1. The quantitative estimate of drug-likeness (QED) is 0.814. The molecule has 0 aliphatic rings. The third kappa shape index (κ3) is 3.30. The molecule has 0 aliphatic heterocycles. The summed E-state index contributed by atoms with van der Waals surface area (Å²) >= 11 is 5.27. The summed E-state index contributed by atoms with van der Waals surface area (Å²) in [5.41, 5.74) is 1.29. The molecule has 0 saturated carbocycles. The summed E-state index contributed by atoms with van der Waals surface area (Å²) in [6.45, 7) is 1.73. The van der Waals surface area contributed by atoms with Gasteiger partial charge in [0.2, 0.25) is 10.7 Å². The van der Waals surface area contributed by atoms with Gasteiger partial charge in [-0.05, 0) is 42.8 Å². The number of carbonyl (C=O) groups is 1. The van der Waals surface area contributed by atoms with E-state index in [4.69, 9.17) is 11.6 Å². The Bertz CT molecular complexity index is 695. The van der Waals surface area contributed by atoms with Gasteiger partial charge in [-0.25, -0.2) is 9.07 Å². The van der Waals surface area contributed by atoms with E-state index in [1.54, 1.807) is 19.1 Å². The second kappa shape index (κ2) is 5.96. The highest BCUT2D eigenvalue weighted by Crippen LogP contribution is 2.10. The molecule has 0 amide bonds. The fourth-order valence-electron chi connectivity index (χ4n) is 1.82. The molecule has 6 heteroatoms. The first-order valence-corrected chi connectivity index (χ1v) is 6.39. The highest BCUT2D eigenvalue weighted by Gasteiger charge is 2.09. The molecule has 0 radical (unpaired) electrons. The standard InChI is InChI=1S/C14H12ClFN2O2/c1-9-8-13(19)12(6-7-14(15)20)17-18(9)11-4-2-10(16)3-5-11/h2-5,8H,6-7H2,1H3. The van der Waals surface area contributed by atoms with Gasteiger partial charge in [-0.15, -0.1) is 0 Å². The number of aromatic nitrogens is 2. The Kier molecular flexibility index (Phi) is 4.29. The predicted octanol–water partition coefficient (Wildman–Crippen LogP) is 2.38. The molecule has 0 fully saturated rings. The molecule has 0 saturated heterocycles. The Morgan fingerprint density at radius 3 is 2.60 bits per heavy atom. The van der Waals surface area contributed by atoms with Crippen molar-refractivity contribution < 1.29 is 9.18 Å². The van der Waals surface area contributed by atoms with Crippen LogP contribution in [0.4, 0.5) is 4.39 Å². The number of aryl methyl sites for hydroxylation is 2. The number of rotatable bonds is 4. The first-order valence-electron chi connectivity index (χ1n) is 6.01. The second-order valence-corrected chi connectivity index (χ2v) is 4.76. The predicted molar refractivity (Wildman–Crippen MR) is 73.7 cm³/mol. The highest BCUT2D eigenvalue weighted by molar-refractivity contribution is 6.63. The first kappa shape index (κ1) is 14.4. The first-order chi connectivity index (χ1) is 9.47. The van der Waals surface area contributed by atoms with Crippen LogP contribution < -0.4 is 5.43 Å². The van der Waals surface area contributed by atoms with Crippen molar-refractivity contribution in [3.05, 3.63) is 57.8 Å². The smallest absolute Gasteiger partial charge is 0.222 e. The molecular formula is C14H12ClFN2O2. The summed E-state index contributed by atoms with van der Waals surface area (Å²) in [7, 11) is 0. The fourth-order valence-corrected chi connectivity index (χ4v) is 1.91. The minimum absolute atomic E-state index is 0.0519. The Morgan fingerprint density at radius 1 is 1.35 bits per heavy atom. The van der Waals surface area contributed by atoms with Gasteiger partial charge in [-0.2, -0.15) is 5.10 Å². The van der Waals surface area contributed by atoms with Gasteiger partial charge in [0, 0.05) is 24.6 Å². The molecule has 0 N–H and O–H groups in total. The molecule has 2 rings (SSSR count). The van der Waals surface area contributed by atoms with E-state index in [9.17, 15) is 14.0 Å². The zero-order valence-corrected chi connectivity index (χ0v) is 11.5. The molecule has 0 atom stereocenters. The normalized spacial score (nSPS) is 10.6. The van der Waals surface area contributed by atoms with Crippen LogP contribution in [0.5, 0.6) is 0 Å². The van der Waals surface area contributed by atoms with Crippen molar-refractivity contribution in [2.45, 2.75) is 19.8 Å². The Morgan fingerprint density at radius 2 is 2.00 bits per heavy atom. The molecule has 0 bridgehead atoms. The lowest BCUT2D eigenvalue weighted by Gasteiger charge is -2.10. The molecule has 20 heavy (non-hydrogen) atoms. The maximum absolute atomic E-state index is 12.9. The number of carbonyl (C=O) groups excluding carboxylic acids is 1. The number of hydrogen-bond acceptors (Lipinski definition) is 3. The van der Waals surface area contributed by atoms with Crippen LogP contribution in [0.25, 0.3) is 5.69 Å². The van der Waals surface area contributed by atoms with Gasteiger partial charge in [0.15, 0.2) is 0 Å². The van der Waals surface area contributed by atoms with Gasteiger partial charge >= 0.3 is 0 Å². The molecule has 2 aromatic rings. The number of nitrogens with zero attached hydrogens (tertiary/aromatic N) is 2. The van der Waals surface area contributed by atoms with Crippen molar-refractivity contribution in [3.63, 3.8) is 0 Å². The third-order valence-corrected chi connectivity index (χ3v) is 3.00.